The van der Waals surface area contributed by atoms with Gasteiger partial charge < -0.3 is 4.74 Å². The van der Waals surface area contributed by atoms with Crippen LogP contribution in [0.2, 0.25) is 0 Å². The number of sulfonamides is 1. The Morgan fingerprint density at radius 1 is 1.60 bits per heavy atom. The summed E-state index contributed by atoms with van der Waals surface area (Å²) in [6.45, 7) is -0.0995. The van der Waals surface area contributed by atoms with Crippen LogP contribution in [-0.4, -0.2) is 26.2 Å². The van der Waals surface area contributed by atoms with E-state index < -0.39 is 21.2 Å². The number of carbonyl (C=O) groups is 1. The van der Waals surface area contributed by atoms with Crippen LogP contribution in [0.5, 0.6) is 0 Å². The van der Waals surface area contributed by atoms with Gasteiger partial charge in [-0.15, -0.1) is 0 Å². The molecule has 6 heteroatoms. The van der Waals surface area contributed by atoms with Crippen LogP contribution >= 0.6 is 0 Å². The summed E-state index contributed by atoms with van der Waals surface area (Å²) in [5.41, 5.74) is 0. The molecule has 1 aliphatic heterocycles. The number of rotatable bonds is 1. The number of hydrogen-bond donors (Lipinski definition) is 1. The van der Waals surface area contributed by atoms with E-state index in [4.69, 9.17) is 5.14 Å². The molecule has 0 aromatic rings. The van der Waals surface area contributed by atoms with Crippen molar-refractivity contribution in [2.45, 2.75) is 11.7 Å². The molecule has 0 amide bonds. The molecule has 1 aliphatic rings. The number of carbonyl (C=O) groups excluding carboxylic acids is 1. The molecule has 10 heavy (non-hydrogen) atoms. The maximum atomic E-state index is 10.5. The second kappa shape index (κ2) is 2.21. The second-order valence-electron chi connectivity index (χ2n) is 2.10. The summed E-state index contributed by atoms with van der Waals surface area (Å²) in [7, 11) is -3.58. The van der Waals surface area contributed by atoms with Crippen LogP contribution in [0.25, 0.3) is 0 Å². The van der Waals surface area contributed by atoms with Crippen molar-refractivity contribution in [3.05, 3.63) is 0 Å². The number of ether oxygens (including phenoxy) is 1. The zero-order valence-corrected chi connectivity index (χ0v) is 5.93. The first kappa shape index (κ1) is 7.49. The Balaban J connectivity index is 2.71. The molecule has 0 aliphatic carbocycles. The minimum Gasteiger partial charge on any atom is -0.464 e. The lowest BCUT2D eigenvalue weighted by Crippen LogP contribution is -2.28. The molecule has 0 saturated carbocycles. The van der Waals surface area contributed by atoms with Crippen molar-refractivity contribution >= 4 is 16.0 Å². The third kappa shape index (κ3) is 1.45. The van der Waals surface area contributed by atoms with E-state index in [2.05, 4.69) is 4.74 Å². The van der Waals surface area contributed by atoms with E-state index in [1.54, 1.807) is 0 Å². The monoisotopic (exact) mass is 165 g/mol. The van der Waals surface area contributed by atoms with Gasteiger partial charge in [-0.3, -0.25) is 4.79 Å². The summed E-state index contributed by atoms with van der Waals surface area (Å²) in [5, 5.41) is 3.91. The fourth-order valence-electron chi connectivity index (χ4n) is 0.701. The van der Waals surface area contributed by atoms with E-state index in [9.17, 15) is 13.2 Å². The average molecular weight is 165 g/mol. The molecule has 58 valence electrons. The molecule has 1 heterocycles. The van der Waals surface area contributed by atoms with Crippen LogP contribution in [0.15, 0.2) is 0 Å². The molecule has 0 aromatic heterocycles. The Morgan fingerprint density at radius 3 is 2.40 bits per heavy atom. The number of cyclic esters (lactones) is 1. The van der Waals surface area contributed by atoms with Crippen molar-refractivity contribution < 1.29 is 17.9 Å². The zero-order chi connectivity index (χ0) is 7.78. The fourth-order valence-corrected chi connectivity index (χ4v) is 1.33. The molecule has 0 aromatic carbocycles. The quantitative estimate of drug-likeness (QED) is 0.483. The largest absolute Gasteiger partial charge is 0.464 e. The number of hydrogen-bond acceptors (Lipinski definition) is 4. The Morgan fingerprint density at radius 2 is 2.20 bits per heavy atom. The van der Waals surface area contributed by atoms with E-state index in [1.165, 1.54) is 0 Å². The predicted octanol–water partition coefficient (Wildman–Crippen LogP) is -1.41. The first-order valence-corrected chi connectivity index (χ1v) is 4.28. The fraction of sp³-hybridized carbons (Fsp3) is 0.750. The van der Waals surface area contributed by atoms with Crippen LogP contribution in [0.1, 0.15) is 6.42 Å². The van der Waals surface area contributed by atoms with Crippen molar-refractivity contribution in [2.75, 3.05) is 6.61 Å². The highest BCUT2D eigenvalue weighted by Gasteiger charge is 2.32. The highest BCUT2D eigenvalue weighted by molar-refractivity contribution is 7.89. The summed E-state index contributed by atoms with van der Waals surface area (Å²) in [4.78, 5) is 10.4. The third-order valence-electron chi connectivity index (χ3n) is 1.29. The summed E-state index contributed by atoms with van der Waals surface area (Å²) >= 11 is 0. The lowest BCUT2D eigenvalue weighted by Gasteiger charge is -1.99. The summed E-state index contributed by atoms with van der Waals surface area (Å²) in [5.74, 6) is -0.501. The topological polar surface area (TPSA) is 86.5 Å². The highest BCUT2D eigenvalue weighted by Crippen LogP contribution is 2.11. The van der Waals surface area contributed by atoms with Crippen molar-refractivity contribution in [3.63, 3.8) is 0 Å². The molecule has 1 rings (SSSR count). The van der Waals surface area contributed by atoms with Gasteiger partial charge in [0.1, 0.15) is 11.9 Å². The molecule has 1 saturated heterocycles. The van der Waals surface area contributed by atoms with E-state index in [-0.39, 0.29) is 13.0 Å². The molecule has 1 unspecified atom stereocenters. The minimum atomic E-state index is -3.58. The highest BCUT2D eigenvalue weighted by atomic mass is 32.2. The second-order valence-corrected chi connectivity index (χ2v) is 3.94. The first-order valence-electron chi connectivity index (χ1n) is 2.67. The Hall–Kier alpha value is -0.620. The molecule has 1 atom stereocenters. The van der Waals surface area contributed by atoms with E-state index >= 15 is 0 Å². The van der Waals surface area contributed by atoms with E-state index in [1.807, 2.05) is 0 Å². The van der Waals surface area contributed by atoms with Crippen LogP contribution in [0, 0.1) is 0 Å². The Kier molecular flexibility index (Phi) is 1.65. The van der Waals surface area contributed by atoms with Crippen molar-refractivity contribution in [1.29, 1.82) is 0 Å². The predicted molar refractivity (Wildman–Crippen MR) is 32.5 cm³/mol. The maximum absolute atomic E-state index is 10.5. The van der Waals surface area contributed by atoms with Crippen LogP contribution in [0.4, 0.5) is 0 Å². The molecule has 2 N–H and O–H groups in total. The van der Waals surface area contributed by atoms with E-state index in [0.717, 1.165) is 0 Å². The molecular formula is C4H7NO4S. The van der Waals surface area contributed by atoms with Gasteiger partial charge in [0, 0.05) is 0 Å². The van der Waals surface area contributed by atoms with Crippen LogP contribution in [0.3, 0.4) is 0 Å². The van der Waals surface area contributed by atoms with Crippen LogP contribution in [-0.2, 0) is 19.6 Å². The minimum absolute atomic E-state index is 0.0995. The lowest BCUT2D eigenvalue weighted by atomic mass is 10.4. The van der Waals surface area contributed by atoms with Crippen molar-refractivity contribution in [1.82, 2.24) is 0 Å². The van der Waals surface area contributed by atoms with Gasteiger partial charge in [-0.1, -0.05) is 0 Å². The van der Waals surface area contributed by atoms with Gasteiger partial charge in [0.25, 0.3) is 0 Å². The van der Waals surface area contributed by atoms with Gasteiger partial charge in [0.15, 0.2) is 0 Å². The zero-order valence-electron chi connectivity index (χ0n) is 5.11. The van der Waals surface area contributed by atoms with Gasteiger partial charge in [-0.05, 0) is 0 Å². The Labute approximate surface area is 58.2 Å². The smallest absolute Gasteiger partial charge is 0.307 e. The van der Waals surface area contributed by atoms with Gasteiger partial charge in [-0.2, -0.15) is 0 Å². The average Bonchev–Trinajstić information content (AvgIpc) is 2.11. The van der Waals surface area contributed by atoms with Gasteiger partial charge in [-0.25, -0.2) is 13.6 Å². The molecule has 0 radical (unpaired) electrons. The van der Waals surface area contributed by atoms with E-state index in [0.29, 0.717) is 0 Å². The standard InChI is InChI=1S/C4H7NO4S/c5-10(7,8)3-1-4(6)9-2-3/h3H,1-2H2,(H2,5,7,8). The number of primary sulfonamides is 1. The normalized spacial score (nSPS) is 26.5. The maximum Gasteiger partial charge on any atom is 0.307 e. The molecular weight excluding hydrogens is 158 g/mol. The Bertz CT molecular complexity index is 244. The summed E-state index contributed by atoms with van der Waals surface area (Å²) < 4.78 is 25.4. The van der Waals surface area contributed by atoms with Gasteiger partial charge in [0.2, 0.25) is 10.0 Å². The molecule has 0 spiro atoms. The SMILES string of the molecule is NS(=O)(=O)C1COC(=O)C1. The van der Waals surface area contributed by atoms with Crippen LogP contribution < -0.4 is 5.14 Å². The molecule has 5 nitrogen and oxygen atoms in total. The summed E-state index contributed by atoms with van der Waals surface area (Å²) in [6.07, 6.45) is -0.112. The van der Waals surface area contributed by atoms with Gasteiger partial charge >= 0.3 is 5.97 Å². The first-order chi connectivity index (χ1) is 4.50. The molecule has 1 fully saturated rings. The summed E-state index contributed by atoms with van der Waals surface area (Å²) in [6, 6.07) is 0. The van der Waals surface area contributed by atoms with Crippen molar-refractivity contribution in [2.24, 2.45) is 5.14 Å². The molecule has 0 bridgehead atoms. The number of nitrogens with two attached hydrogens (primary N) is 1. The lowest BCUT2D eigenvalue weighted by molar-refractivity contribution is -0.137. The number of esters is 1. The van der Waals surface area contributed by atoms with Crippen molar-refractivity contribution in [3.8, 4) is 0 Å². The van der Waals surface area contributed by atoms with Gasteiger partial charge in [0.05, 0.1) is 6.42 Å². The third-order valence-corrected chi connectivity index (χ3v) is 2.52.